The van der Waals surface area contributed by atoms with Gasteiger partial charge in [-0.25, -0.2) is 0 Å². The van der Waals surface area contributed by atoms with Crippen LogP contribution in [-0.4, -0.2) is 18.0 Å². The number of aromatic nitrogens is 1. The number of hydrogen-bond donors (Lipinski definition) is 2. The van der Waals surface area contributed by atoms with Crippen LogP contribution in [0.2, 0.25) is 5.02 Å². The molecule has 7 heteroatoms. The van der Waals surface area contributed by atoms with E-state index in [1.807, 2.05) is 0 Å². The van der Waals surface area contributed by atoms with Gasteiger partial charge in [-0.3, -0.25) is 9.59 Å². The summed E-state index contributed by atoms with van der Waals surface area (Å²) < 4.78 is 6.02. The number of aromatic amines is 1. The normalized spacial score (nSPS) is 10.6. The second kappa shape index (κ2) is 6.67. The first kappa shape index (κ1) is 16.5. The van der Waals surface area contributed by atoms with Gasteiger partial charge >= 0.3 is 0 Å². The Morgan fingerprint density at radius 1 is 1.21 bits per heavy atom. The van der Waals surface area contributed by atoms with Crippen molar-refractivity contribution in [2.75, 3.05) is 12.4 Å². The highest BCUT2D eigenvalue weighted by Gasteiger charge is 2.15. The maximum Gasteiger partial charge on any atom is 0.256 e. The maximum atomic E-state index is 12.7. The zero-order chi connectivity index (χ0) is 17.3. The number of anilines is 1. The number of methoxy groups -OCH3 is 1. The van der Waals surface area contributed by atoms with E-state index < -0.39 is 5.91 Å². The fourth-order valence-electron chi connectivity index (χ4n) is 2.38. The molecule has 0 aliphatic carbocycles. The molecule has 3 rings (SSSR count). The van der Waals surface area contributed by atoms with Gasteiger partial charge in [0.15, 0.2) is 0 Å². The van der Waals surface area contributed by atoms with Crippen molar-refractivity contribution in [2.45, 2.75) is 0 Å². The summed E-state index contributed by atoms with van der Waals surface area (Å²) in [5.41, 5.74) is 0.914. The lowest BCUT2D eigenvalue weighted by atomic mass is 10.1. The molecule has 3 aromatic rings. The van der Waals surface area contributed by atoms with Crippen LogP contribution in [-0.2, 0) is 0 Å². The van der Waals surface area contributed by atoms with Gasteiger partial charge in [-0.05, 0) is 36.4 Å². The monoisotopic (exact) mass is 406 g/mol. The highest BCUT2D eigenvalue weighted by Crippen LogP contribution is 2.29. The Kier molecular flexibility index (Phi) is 4.59. The number of rotatable bonds is 3. The number of carbonyl (C=O) groups excluding carboxylic acids is 1. The van der Waals surface area contributed by atoms with Crippen LogP contribution in [0.15, 0.2) is 51.7 Å². The van der Waals surface area contributed by atoms with Crippen molar-refractivity contribution in [1.82, 2.24) is 4.98 Å². The van der Waals surface area contributed by atoms with Crippen molar-refractivity contribution >= 4 is 50.0 Å². The molecule has 0 aliphatic heterocycles. The fourth-order valence-corrected chi connectivity index (χ4v) is 2.91. The van der Waals surface area contributed by atoms with E-state index in [1.54, 1.807) is 36.4 Å². The topological polar surface area (TPSA) is 71.2 Å². The van der Waals surface area contributed by atoms with E-state index in [0.29, 0.717) is 27.4 Å². The molecule has 0 fully saturated rings. The summed E-state index contributed by atoms with van der Waals surface area (Å²) in [7, 11) is 1.50. The molecule has 122 valence electrons. The zero-order valence-electron chi connectivity index (χ0n) is 12.5. The van der Waals surface area contributed by atoms with Crippen LogP contribution in [0, 0.1) is 0 Å². The smallest absolute Gasteiger partial charge is 0.256 e. The predicted molar refractivity (Wildman–Crippen MR) is 98.2 cm³/mol. The van der Waals surface area contributed by atoms with Gasteiger partial charge in [-0.15, -0.1) is 0 Å². The number of fused-ring (bicyclic) bond motifs is 1. The van der Waals surface area contributed by atoms with Crippen LogP contribution in [0.25, 0.3) is 10.9 Å². The SMILES string of the molecule is COc1ccc(Cl)cc1NC(=O)c1cc(=O)[nH]c2ccc(Br)cc12. The molecule has 0 radical (unpaired) electrons. The average Bonchev–Trinajstić information content (AvgIpc) is 2.54. The molecule has 1 heterocycles. The largest absolute Gasteiger partial charge is 0.495 e. The van der Waals surface area contributed by atoms with Crippen LogP contribution in [0.3, 0.4) is 0 Å². The van der Waals surface area contributed by atoms with E-state index in [1.165, 1.54) is 13.2 Å². The molecule has 0 unspecified atom stereocenters. The summed E-state index contributed by atoms with van der Waals surface area (Å²) in [5, 5.41) is 3.83. The Hall–Kier alpha value is -2.31. The Morgan fingerprint density at radius 3 is 2.75 bits per heavy atom. The van der Waals surface area contributed by atoms with E-state index in [9.17, 15) is 9.59 Å². The second-order valence-electron chi connectivity index (χ2n) is 5.04. The number of H-pyrrole nitrogens is 1. The number of benzene rings is 2. The molecule has 0 bridgehead atoms. The zero-order valence-corrected chi connectivity index (χ0v) is 14.9. The van der Waals surface area contributed by atoms with Crippen molar-refractivity contribution in [3.8, 4) is 5.75 Å². The van der Waals surface area contributed by atoms with Crippen LogP contribution >= 0.6 is 27.5 Å². The third-order valence-corrected chi connectivity index (χ3v) is 4.19. The minimum absolute atomic E-state index is 0.261. The lowest BCUT2D eigenvalue weighted by Crippen LogP contribution is -2.17. The third kappa shape index (κ3) is 3.29. The molecule has 1 aromatic heterocycles. The molecular formula is C17H12BrClN2O3. The molecule has 0 saturated carbocycles. The Labute approximate surface area is 150 Å². The first-order chi connectivity index (χ1) is 11.5. The third-order valence-electron chi connectivity index (χ3n) is 3.46. The summed E-state index contributed by atoms with van der Waals surface area (Å²) >= 11 is 9.35. The van der Waals surface area contributed by atoms with Gasteiger partial charge < -0.3 is 15.0 Å². The molecule has 5 nitrogen and oxygen atoms in total. The summed E-state index contributed by atoms with van der Waals surface area (Å²) in [6, 6.07) is 11.5. The molecule has 0 aliphatic rings. The molecular weight excluding hydrogens is 396 g/mol. The van der Waals surface area contributed by atoms with Crippen LogP contribution in [0.4, 0.5) is 5.69 Å². The highest BCUT2D eigenvalue weighted by atomic mass is 79.9. The van der Waals surface area contributed by atoms with E-state index in [4.69, 9.17) is 16.3 Å². The van der Waals surface area contributed by atoms with E-state index >= 15 is 0 Å². The lowest BCUT2D eigenvalue weighted by Gasteiger charge is -2.12. The molecule has 2 aromatic carbocycles. The van der Waals surface area contributed by atoms with Crippen molar-refractivity contribution < 1.29 is 9.53 Å². The van der Waals surface area contributed by atoms with Crippen LogP contribution in [0.5, 0.6) is 5.75 Å². The van der Waals surface area contributed by atoms with Gasteiger partial charge in [0.1, 0.15) is 5.75 Å². The van der Waals surface area contributed by atoms with Crippen molar-refractivity contribution in [1.29, 1.82) is 0 Å². The van der Waals surface area contributed by atoms with Crippen molar-refractivity contribution in [3.63, 3.8) is 0 Å². The summed E-state index contributed by atoms with van der Waals surface area (Å²) in [6.07, 6.45) is 0. The number of amides is 1. The Bertz CT molecular complexity index is 1000. The van der Waals surface area contributed by atoms with Gasteiger partial charge in [0.2, 0.25) is 5.56 Å². The summed E-state index contributed by atoms with van der Waals surface area (Å²) in [6.45, 7) is 0. The molecule has 2 N–H and O–H groups in total. The second-order valence-corrected chi connectivity index (χ2v) is 6.39. The quantitative estimate of drug-likeness (QED) is 0.683. The van der Waals surface area contributed by atoms with Gasteiger partial charge in [-0.2, -0.15) is 0 Å². The molecule has 1 amide bonds. The molecule has 0 spiro atoms. The number of nitrogens with one attached hydrogen (secondary N) is 2. The first-order valence-electron chi connectivity index (χ1n) is 6.95. The highest BCUT2D eigenvalue weighted by molar-refractivity contribution is 9.10. The Balaban J connectivity index is 2.08. The maximum absolute atomic E-state index is 12.7. The van der Waals surface area contributed by atoms with Crippen LogP contribution in [0.1, 0.15) is 10.4 Å². The van der Waals surface area contributed by atoms with Gasteiger partial charge in [-0.1, -0.05) is 27.5 Å². The Morgan fingerprint density at radius 2 is 2.00 bits per heavy atom. The van der Waals surface area contributed by atoms with E-state index in [0.717, 1.165) is 4.47 Å². The molecule has 24 heavy (non-hydrogen) atoms. The van der Waals surface area contributed by atoms with Gasteiger partial charge in [0.05, 0.1) is 18.4 Å². The number of carbonyl (C=O) groups is 1. The van der Waals surface area contributed by atoms with Gasteiger partial charge in [0, 0.05) is 26.5 Å². The number of hydrogen-bond acceptors (Lipinski definition) is 3. The minimum Gasteiger partial charge on any atom is -0.495 e. The number of pyridine rings is 1. The minimum atomic E-state index is -0.426. The van der Waals surface area contributed by atoms with E-state index in [-0.39, 0.29) is 11.1 Å². The fraction of sp³-hybridized carbons (Fsp3) is 0.0588. The molecule has 0 atom stereocenters. The number of ether oxygens (including phenoxy) is 1. The number of halogens is 2. The molecule has 0 saturated heterocycles. The van der Waals surface area contributed by atoms with E-state index in [2.05, 4.69) is 26.2 Å². The predicted octanol–water partition coefficient (Wildman–Crippen LogP) is 4.20. The standard InChI is InChI=1S/C17H12BrClN2O3/c1-24-15-5-3-10(19)7-14(15)21-17(23)12-8-16(22)20-13-4-2-9(18)6-11(12)13/h2-8H,1H3,(H,20,22)(H,21,23). The van der Waals surface area contributed by atoms with Crippen molar-refractivity contribution in [2.24, 2.45) is 0 Å². The summed E-state index contributed by atoms with van der Waals surface area (Å²) in [5.74, 6) is 0.0489. The summed E-state index contributed by atoms with van der Waals surface area (Å²) in [4.78, 5) is 27.2. The van der Waals surface area contributed by atoms with Gasteiger partial charge in [0.25, 0.3) is 5.91 Å². The van der Waals surface area contributed by atoms with Crippen LogP contribution < -0.4 is 15.6 Å². The lowest BCUT2D eigenvalue weighted by molar-refractivity contribution is 0.102. The first-order valence-corrected chi connectivity index (χ1v) is 8.12. The average molecular weight is 408 g/mol. The van der Waals surface area contributed by atoms with Crippen molar-refractivity contribution in [3.05, 3.63) is 67.9 Å².